The Hall–Kier alpha value is -0.120. The Balaban J connectivity index is 2.62. The van der Waals surface area contributed by atoms with Crippen LogP contribution in [0.1, 0.15) is 0 Å². The van der Waals surface area contributed by atoms with E-state index in [4.69, 9.17) is 11.6 Å². The van der Waals surface area contributed by atoms with Gasteiger partial charge in [-0.05, 0) is 24.5 Å². The van der Waals surface area contributed by atoms with E-state index < -0.39 is 9.06 Å². The van der Waals surface area contributed by atoms with Crippen LogP contribution in [0.5, 0.6) is 0 Å². The topological polar surface area (TPSA) is 12.4 Å². The van der Waals surface area contributed by atoms with Crippen molar-refractivity contribution in [3.63, 3.8) is 0 Å². The predicted molar refractivity (Wildman–Crippen MR) is 60.4 cm³/mol. The lowest BCUT2D eigenvalue weighted by molar-refractivity contribution is 1.41. The fraction of sp³-hybridized carbons (Fsp3) is 0.125. The zero-order valence-electron chi connectivity index (χ0n) is 6.49. The third kappa shape index (κ3) is 1.26. The van der Waals surface area contributed by atoms with E-state index in [9.17, 15) is 0 Å². The largest absolute Gasteiger partial charge is 0.249 e. The first-order valence-corrected chi connectivity index (χ1v) is 6.97. The maximum Gasteiger partial charge on any atom is 0.0782 e. The van der Waals surface area contributed by atoms with Crippen LogP contribution < -0.4 is 0 Å². The van der Waals surface area contributed by atoms with Crippen molar-refractivity contribution in [2.75, 3.05) is 6.26 Å². The van der Waals surface area contributed by atoms with Crippen LogP contribution in [-0.2, 0) is 0 Å². The smallest absolute Gasteiger partial charge is 0.0782 e. The van der Waals surface area contributed by atoms with Crippen LogP contribution >= 0.6 is 32.3 Å². The molecule has 0 spiro atoms. The minimum absolute atomic E-state index is 0.733. The van der Waals surface area contributed by atoms with E-state index >= 15 is 0 Å². The molecule has 1 atom stereocenters. The van der Waals surface area contributed by atoms with Crippen LogP contribution in [0.25, 0.3) is 0 Å². The number of thiol groups is 1. The van der Waals surface area contributed by atoms with Crippen molar-refractivity contribution in [1.29, 1.82) is 0 Å². The molecule has 0 saturated heterocycles. The van der Waals surface area contributed by atoms with E-state index in [1.165, 1.54) is 4.90 Å². The van der Waals surface area contributed by atoms with Gasteiger partial charge in [0.15, 0.2) is 0 Å². The van der Waals surface area contributed by atoms with Gasteiger partial charge in [0, 0.05) is 9.92 Å². The maximum atomic E-state index is 5.83. The summed E-state index contributed by atoms with van der Waals surface area (Å²) in [6.45, 7) is 0. The zero-order valence-corrected chi connectivity index (χ0v) is 8.96. The Labute approximate surface area is 83.0 Å². The summed E-state index contributed by atoms with van der Waals surface area (Å²) in [7, 11) is -1.08. The number of fused-ring (bicyclic) bond motifs is 1. The lowest BCUT2D eigenvalue weighted by atomic mass is 10.3. The predicted octanol–water partition coefficient (Wildman–Crippen LogP) is 3.65. The number of halogens is 1. The third-order valence-electron chi connectivity index (χ3n) is 1.76. The summed E-state index contributed by atoms with van der Waals surface area (Å²) >= 11 is 10.4. The third-order valence-corrected chi connectivity index (χ3v) is 4.62. The zero-order chi connectivity index (χ0) is 8.77. The van der Waals surface area contributed by atoms with Gasteiger partial charge in [-0.3, -0.25) is 0 Å². The molecule has 2 rings (SSSR count). The fourth-order valence-corrected chi connectivity index (χ4v) is 3.24. The highest BCUT2D eigenvalue weighted by Crippen LogP contribution is 2.61. The van der Waals surface area contributed by atoms with Crippen molar-refractivity contribution < 1.29 is 0 Å². The van der Waals surface area contributed by atoms with Crippen LogP contribution in [0.3, 0.4) is 0 Å². The highest BCUT2D eigenvalue weighted by Gasteiger charge is 2.22. The summed E-state index contributed by atoms with van der Waals surface area (Å²) in [5, 5.41) is 0.733. The first-order chi connectivity index (χ1) is 5.59. The lowest BCUT2D eigenvalue weighted by Crippen LogP contribution is -1.84. The molecule has 1 aliphatic rings. The summed E-state index contributed by atoms with van der Waals surface area (Å²) in [4.78, 5) is 5.47. The molecule has 64 valence electrons. The van der Waals surface area contributed by atoms with Gasteiger partial charge in [-0.2, -0.15) is 0 Å². The first kappa shape index (κ1) is 8.48. The summed E-state index contributed by atoms with van der Waals surface area (Å²) in [5.74, 6) is 0. The van der Waals surface area contributed by atoms with Gasteiger partial charge in [0.2, 0.25) is 0 Å². The summed E-state index contributed by atoms with van der Waals surface area (Å²) in [5.41, 5.74) is 2.88. The Kier molecular flexibility index (Phi) is 1.90. The van der Waals surface area contributed by atoms with Crippen LogP contribution in [0.15, 0.2) is 28.1 Å². The molecule has 1 aliphatic heterocycles. The van der Waals surface area contributed by atoms with Crippen LogP contribution in [0.2, 0.25) is 5.02 Å². The Bertz CT molecular complexity index is 360. The minimum atomic E-state index is -1.08. The van der Waals surface area contributed by atoms with Gasteiger partial charge in [-0.25, -0.2) is 4.99 Å². The van der Waals surface area contributed by atoms with Gasteiger partial charge in [-0.15, -0.1) is 20.7 Å². The first-order valence-electron chi connectivity index (χ1n) is 3.44. The van der Waals surface area contributed by atoms with Crippen molar-refractivity contribution in [1.82, 2.24) is 0 Å². The van der Waals surface area contributed by atoms with Crippen LogP contribution in [0, 0.1) is 0 Å². The second-order valence-corrected chi connectivity index (χ2v) is 8.02. The number of hydrogen-bond acceptors (Lipinski definition) is 2. The number of aliphatic imine (C=N–C) groups is 1. The van der Waals surface area contributed by atoms with Crippen molar-refractivity contribution >= 4 is 43.6 Å². The van der Waals surface area contributed by atoms with E-state index in [-0.39, 0.29) is 0 Å². The molecular weight excluding hydrogens is 210 g/mol. The van der Waals surface area contributed by atoms with Gasteiger partial charge in [-0.1, -0.05) is 11.6 Å². The van der Waals surface area contributed by atoms with Crippen LogP contribution in [-0.4, -0.2) is 11.8 Å². The quantitative estimate of drug-likeness (QED) is 0.503. The number of nitrogens with zero attached hydrogens (tertiary/aromatic N) is 1. The molecule has 1 aromatic rings. The molecule has 0 aromatic heterocycles. The molecule has 0 N–H and O–H groups in total. The normalized spacial score (nSPS) is 31.2. The number of benzene rings is 1. The van der Waals surface area contributed by atoms with Gasteiger partial charge in [0.25, 0.3) is 0 Å². The van der Waals surface area contributed by atoms with Crippen molar-refractivity contribution in [3.05, 3.63) is 23.2 Å². The van der Waals surface area contributed by atoms with E-state index in [1.807, 2.05) is 23.7 Å². The van der Waals surface area contributed by atoms with Gasteiger partial charge >= 0.3 is 0 Å². The van der Waals surface area contributed by atoms with Crippen molar-refractivity contribution in [2.45, 2.75) is 4.90 Å². The van der Waals surface area contributed by atoms with Crippen LogP contribution in [0.4, 0.5) is 5.69 Å². The molecule has 4 heteroatoms. The molecule has 1 aromatic carbocycles. The molecule has 12 heavy (non-hydrogen) atoms. The molecular formula is C8H8ClNS2. The molecule has 0 amide bonds. The average molecular weight is 218 g/mol. The second kappa shape index (κ2) is 2.69. The molecule has 1 unspecified atom stereocenters. The molecule has 0 fully saturated rings. The standard InChI is InChI=1S/C8H8ClNS2/c1-12(11)5-10-7-4-6(9)2-3-8(7)12/h2-5,11H,1H3. The molecule has 0 radical (unpaired) electrons. The molecule has 1 nitrogen and oxygen atoms in total. The fourth-order valence-electron chi connectivity index (χ4n) is 1.16. The highest BCUT2D eigenvalue weighted by molar-refractivity contribution is 8.93. The Morgan fingerprint density at radius 3 is 3.00 bits per heavy atom. The number of rotatable bonds is 0. The Morgan fingerprint density at radius 1 is 1.50 bits per heavy atom. The summed E-state index contributed by atoms with van der Waals surface area (Å²) in [6.07, 6.45) is 2.10. The van der Waals surface area contributed by atoms with E-state index in [0.717, 1.165) is 10.7 Å². The highest BCUT2D eigenvalue weighted by atomic mass is 35.5. The van der Waals surface area contributed by atoms with Gasteiger partial charge < -0.3 is 0 Å². The molecule has 0 aliphatic carbocycles. The van der Waals surface area contributed by atoms with Gasteiger partial charge in [0.1, 0.15) is 0 Å². The summed E-state index contributed by atoms with van der Waals surface area (Å²) < 4.78 is 0. The van der Waals surface area contributed by atoms with Gasteiger partial charge in [0.05, 0.1) is 11.2 Å². The van der Waals surface area contributed by atoms with E-state index in [0.29, 0.717) is 0 Å². The van der Waals surface area contributed by atoms with E-state index in [1.54, 1.807) is 0 Å². The van der Waals surface area contributed by atoms with Crippen molar-refractivity contribution in [3.8, 4) is 0 Å². The minimum Gasteiger partial charge on any atom is -0.249 e. The molecule has 0 saturated carbocycles. The molecule has 1 heterocycles. The van der Waals surface area contributed by atoms with E-state index in [2.05, 4.69) is 22.9 Å². The molecule has 0 bridgehead atoms. The SMILES string of the molecule is CS1(S)C=Nc2cc(Cl)ccc21. The second-order valence-electron chi connectivity index (χ2n) is 2.78. The monoisotopic (exact) mass is 217 g/mol. The van der Waals surface area contributed by atoms with Crippen molar-refractivity contribution in [2.24, 2.45) is 4.99 Å². The maximum absolute atomic E-state index is 5.83. The lowest BCUT2D eigenvalue weighted by Gasteiger charge is -2.20. The number of hydrogen-bond donors (Lipinski definition) is 1. The Morgan fingerprint density at radius 2 is 2.25 bits per heavy atom. The average Bonchev–Trinajstić information content (AvgIpc) is 2.27. The summed E-state index contributed by atoms with van der Waals surface area (Å²) in [6, 6.07) is 5.77.